The molecule has 3 aromatic rings. The van der Waals surface area contributed by atoms with Gasteiger partial charge in [0.15, 0.2) is 0 Å². The Morgan fingerprint density at radius 2 is 2.10 bits per heavy atom. The minimum Gasteiger partial charge on any atom is -0.380 e. The Balaban J connectivity index is 1.41. The number of aromatic nitrogens is 2. The molecular formula is C31H40ClFN4O3. The summed E-state index contributed by atoms with van der Waals surface area (Å²) in [5.41, 5.74) is 2.43. The second kappa shape index (κ2) is 12.1. The monoisotopic (exact) mass is 570 g/mol. The van der Waals surface area contributed by atoms with Crippen molar-refractivity contribution in [2.45, 2.75) is 76.5 Å². The van der Waals surface area contributed by atoms with Crippen LogP contribution in [0, 0.1) is 17.7 Å². The van der Waals surface area contributed by atoms with Gasteiger partial charge in [-0.1, -0.05) is 57.0 Å². The second-order valence-corrected chi connectivity index (χ2v) is 12.1. The van der Waals surface area contributed by atoms with Gasteiger partial charge in [0, 0.05) is 13.0 Å². The highest BCUT2D eigenvalue weighted by molar-refractivity contribution is 6.31. The zero-order chi connectivity index (χ0) is 28.4. The van der Waals surface area contributed by atoms with Gasteiger partial charge in [0.25, 0.3) is 0 Å². The molecule has 7 nitrogen and oxygen atoms in total. The first-order valence-corrected chi connectivity index (χ1v) is 14.8. The van der Waals surface area contributed by atoms with E-state index in [0.29, 0.717) is 26.0 Å². The van der Waals surface area contributed by atoms with Crippen LogP contribution in [0.1, 0.15) is 69.3 Å². The molecule has 2 fully saturated rings. The number of aromatic amines is 1. The van der Waals surface area contributed by atoms with Gasteiger partial charge in [0.05, 0.1) is 34.1 Å². The lowest BCUT2D eigenvalue weighted by Crippen LogP contribution is -2.59. The van der Waals surface area contributed by atoms with Gasteiger partial charge in [0.1, 0.15) is 17.9 Å². The molecule has 40 heavy (non-hydrogen) atoms. The lowest BCUT2D eigenvalue weighted by Gasteiger charge is -2.39. The Bertz CT molecular complexity index is 1340. The number of nitrogens with one attached hydrogen (secondary N) is 3. The van der Waals surface area contributed by atoms with Crippen LogP contribution in [0.3, 0.4) is 0 Å². The highest BCUT2D eigenvalue weighted by Crippen LogP contribution is 2.38. The van der Waals surface area contributed by atoms with E-state index in [2.05, 4.69) is 29.5 Å². The third-order valence-corrected chi connectivity index (χ3v) is 9.25. The predicted molar refractivity (Wildman–Crippen MR) is 155 cm³/mol. The normalized spacial score (nSPS) is 21.9. The molecule has 1 amide bonds. The molecule has 4 atom stereocenters. The molecule has 3 unspecified atom stereocenters. The lowest BCUT2D eigenvalue weighted by molar-refractivity contribution is -0.129. The molecule has 0 radical (unpaired) electrons. The van der Waals surface area contributed by atoms with Crippen molar-refractivity contribution in [3.05, 3.63) is 64.2 Å². The highest BCUT2D eigenvalue weighted by Gasteiger charge is 2.46. The van der Waals surface area contributed by atoms with Crippen molar-refractivity contribution in [2.75, 3.05) is 19.8 Å². The van der Waals surface area contributed by atoms with Crippen LogP contribution < -0.4 is 10.6 Å². The van der Waals surface area contributed by atoms with Crippen molar-refractivity contribution in [3.63, 3.8) is 0 Å². The van der Waals surface area contributed by atoms with E-state index < -0.39 is 17.5 Å². The van der Waals surface area contributed by atoms with E-state index in [4.69, 9.17) is 21.3 Å². The van der Waals surface area contributed by atoms with Gasteiger partial charge in [0.2, 0.25) is 5.91 Å². The minimum absolute atomic E-state index is 0.0184. The molecule has 1 aromatic heterocycles. The van der Waals surface area contributed by atoms with Crippen molar-refractivity contribution >= 4 is 28.5 Å². The van der Waals surface area contributed by atoms with Crippen LogP contribution in [0.5, 0.6) is 0 Å². The van der Waals surface area contributed by atoms with E-state index in [0.717, 1.165) is 47.2 Å². The standard InChI is InChI=1S/C31H40ClFN4O3/c1-4-34-29(38)28(19-7-5-8-19)37-30(39)31(13-14-40-17-31)20-11-12-24-25(15-20)36-26(35-24)16-22(18(2)3)21-9-6-10-23(33)27(21)32/h6,9-12,15,18-19,22,28-29,34,38H,4-5,7-8,13-14,16-17H2,1-3H3,(H,35,36)(H,37,39)/t22?,28-,29?,31?/m1/s1. The summed E-state index contributed by atoms with van der Waals surface area (Å²) in [6, 6.07) is 10.5. The quantitative estimate of drug-likeness (QED) is 0.237. The molecule has 1 saturated heterocycles. The first-order valence-electron chi connectivity index (χ1n) is 14.5. The molecule has 1 aliphatic heterocycles. The molecule has 0 spiro atoms. The molecule has 5 rings (SSSR count). The molecule has 1 aliphatic carbocycles. The van der Waals surface area contributed by atoms with E-state index >= 15 is 0 Å². The lowest BCUT2D eigenvalue weighted by atomic mass is 9.76. The number of ether oxygens (including phenoxy) is 1. The van der Waals surface area contributed by atoms with Crippen molar-refractivity contribution in [2.24, 2.45) is 11.8 Å². The van der Waals surface area contributed by atoms with Crippen LogP contribution in [0.25, 0.3) is 11.0 Å². The summed E-state index contributed by atoms with van der Waals surface area (Å²) in [7, 11) is 0. The number of carbonyl (C=O) groups excluding carboxylic acids is 1. The number of H-pyrrole nitrogens is 1. The molecule has 2 heterocycles. The fraction of sp³-hybridized carbons (Fsp3) is 0.548. The second-order valence-electron chi connectivity index (χ2n) is 11.7. The average Bonchev–Trinajstić information content (AvgIpc) is 3.55. The Labute approximate surface area is 240 Å². The smallest absolute Gasteiger partial charge is 0.233 e. The van der Waals surface area contributed by atoms with E-state index in [1.807, 2.05) is 31.2 Å². The maximum absolute atomic E-state index is 14.2. The number of hydrogen-bond donors (Lipinski definition) is 4. The summed E-state index contributed by atoms with van der Waals surface area (Å²) < 4.78 is 20.0. The van der Waals surface area contributed by atoms with Crippen molar-refractivity contribution in [1.82, 2.24) is 20.6 Å². The van der Waals surface area contributed by atoms with E-state index in [9.17, 15) is 14.3 Å². The minimum atomic E-state index is -0.844. The van der Waals surface area contributed by atoms with Crippen LogP contribution in [0.2, 0.25) is 5.02 Å². The maximum atomic E-state index is 14.2. The zero-order valence-corrected chi connectivity index (χ0v) is 24.2. The third kappa shape index (κ3) is 5.64. The number of carbonyl (C=O) groups is 1. The number of imidazole rings is 1. The summed E-state index contributed by atoms with van der Waals surface area (Å²) in [4.78, 5) is 22.2. The van der Waals surface area contributed by atoms with E-state index in [1.165, 1.54) is 6.07 Å². The first kappa shape index (κ1) is 29.0. The topological polar surface area (TPSA) is 99.3 Å². The van der Waals surface area contributed by atoms with E-state index in [1.54, 1.807) is 6.07 Å². The summed E-state index contributed by atoms with van der Waals surface area (Å²) in [5.74, 6) is 0.709. The Morgan fingerprint density at radius 1 is 1.30 bits per heavy atom. The van der Waals surface area contributed by atoms with Crippen LogP contribution in [0.15, 0.2) is 36.4 Å². The molecular weight excluding hydrogens is 531 g/mol. The van der Waals surface area contributed by atoms with Crippen molar-refractivity contribution in [1.29, 1.82) is 0 Å². The van der Waals surface area contributed by atoms with Gasteiger partial charge in [-0.15, -0.1) is 0 Å². The van der Waals surface area contributed by atoms with Gasteiger partial charge in [-0.25, -0.2) is 9.37 Å². The van der Waals surface area contributed by atoms with Gasteiger partial charge < -0.3 is 20.1 Å². The number of rotatable bonds is 11. The summed E-state index contributed by atoms with van der Waals surface area (Å²) in [5, 5.41) is 17.2. The van der Waals surface area contributed by atoms with Crippen molar-refractivity contribution < 1.29 is 19.0 Å². The number of aliphatic hydroxyl groups excluding tert-OH is 1. The number of fused-ring (bicyclic) bond motifs is 1. The third-order valence-electron chi connectivity index (χ3n) is 8.85. The molecule has 2 aliphatic rings. The number of amides is 1. The van der Waals surface area contributed by atoms with Crippen LogP contribution >= 0.6 is 11.6 Å². The summed E-state index contributed by atoms with van der Waals surface area (Å²) in [6.45, 7) is 7.54. The molecule has 216 valence electrons. The van der Waals surface area contributed by atoms with Crippen molar-refractivity contribution in [3.8, 4) is 0 Å². The predicted octanol–water partition coefficient (Wildman–Crippen LogP) is 5.21. The van der Waals surface area contributed by atoms with Gasteiger partial charge >= 0.3 is 0 Å². The fourth-order valence-corrected chi connectivity index (χ4v) is 6.42. The number of aliphatic hydroxyl groups is 1. The molecule has 4 N–H and O–H groups in total. The highest BCUT2D eigenvalue weighted by atomic mass is 35.5. The Kier molecular flexibility index (Phi) is 8.80. The Hall–Kier alpha value is -2.52. The number of likely N-dealkylation sites (N-methyl/N-ethyl adjacent to an activating group) is 1. The van der Waals surface area contributed by atoms with Crippen LogP contribution in [-0.2, 0) is 21.4 Å². The molecule has 0 bridgehead atoms. The SMILES string of the molecule is CCNC(O)[C@H](NC(=O)C1(c2ccc3nc(CC(c4cccc(F)c4Cl)C(C)C)[nH]c3c2)CCOC1)C1CCC1. The summed E-state index contributed by atoms with van der Waals surface area (Å²) >= 11 is 6.35. The summed E-state index contributed by atoms with van der Waals surface area (Å²) in [6.07, 6.45) is 3.46. The average molecular weight is 571 g/mol. The van der Waals surface area contributed by atoms with Gasteiger partial charge in [-0.3, -0.25) is 10.1 Å². The zero-order valence-electron chi connectivity index (χ0n) is 23.5. The maximum Gasteiger partial charge on any atom is 0.233 e. The van der Waals surface area contributed by atoms with Gasteiger partial charge in [-0.05, 0) is 72.9 Å². The Morgan fingerprint density at radius 3 is 2.75 bits per heavy atom. The molecule has 1 saturated carbocycles. The number of nitrogens with zero attached hydrogens (tertiary/aromatic N) is 1. The van der Waals surface area contributed by atoms with Crippen LogP contribution in [0.4, 0.5) is 4.39 Å². The number of hydrogen-bond acceptors (Lipinski definition) is 5. The first-order chi connectivity index (χ1) is 19.2. The number of benzene rings is 2. The largest absolute Gasteiger partial charge is 0.380 e. The number of halogens is 2. The molecule has 9 heteroatoms. The fourth-order valence-electron chi connectivity index (χ4n) is 6.16. The molecule has 2 aromatic carbocycles. The van der Waals surface area contributed by atoms with Crippen LogP contribution in [-0.4, -0.2) is 53.0 Å². The van der Waals surface area contributed by atoms with E-state index in [-0.39, 0.29) is 41.3 Å². The van der Waals surface area contributed by atoms with Gasteiger partial charge in [-0.2, -0.15) is 0 Å².